The third-order valence-electron chi connectivity index (χ3n) is 2.29. The van der Waals surface area contributed by atoms with E-state index in [2.05, 4.69) is 0 Å². The number of likely N-dealkylation sites (N-methyl/N-ethyl adjacent to an activating group) is 2. The molecule has 1 saturated heterocycles. The van der Waals surface area contributed by atoms with E-state index in [1.54, 1.807) is 0 Å². The van der Waals surface area contributed by atoms with E-state index in [1.165, 1.54) is 0 Å². The zero-order valence-electron chi connectivity index (χ0n) is 7.93. The van der Waals surface area contributed by atoms with E-state index in [4.69, 9.17) is 5.11 Å². The lowest BCUT2D eigenvalue weighted by Crippen LogP contribution is -2.63. The minimum absolute atomic E-state index is 0.306. The molecule has 6 heteroatoms. The second kappa shape index (κ2) is 3.57. The van der Waals surface area contributed by atoms with Crippen LogP contribution in [0.3, 0.4) is 0 Å². The number of aliphatic hydroxyl groups excluding tert-OH is 1. The zero-order valence-corrected chi connectivity index (χ0v) is 7.93. The molecule has 1 N–H and O–H groups in total. The van der Waals surface area contributed by atoms with Crippen LogP contribution in [0.15, 0.2) is 0 Å². The van der Waals surface area contributed by atoms with Crippen molar-refractivity contribution in [2.24, 2.45) is 0 Å². The van der Waals surface area contributed by atoms with Gasteiger partial charge in [-0.2, -0.15) is 0 Å². The number of aliphatic hydroxyl groups is 1. The smallest absolute Gasteiger partial charge is 0.269 e. The highest BCUT2D eigenvalue weighted by Crippen LogP contribution is 2.17. The molecular formula is C7H15N3O3. The molecule has 0 atom stereocenters. The quantitative estimate of drug-likeness (QED) is 0.438. The van der Waals surface area contributed by atoms with Gasteiger partial charge in [-0.25, -0.2) is 0 Å². The van der Waals surface area contributed by atoms with Gasteiger partial charge in [0.05, 0.1) is 19.8 Å². The maximum Gasteiger partial charge on any atom is 0.269 e. The van der Waals surface area contributed by atoms with Gasteiger partial charge in [-0.05, 0) is 14.1 Å². The predicted molar refractivity (Wildman–Crippen MR) is 46.9 cm³/mol. The summed E-state index contributed by atoms with van der Waals surface area (Å²) in [5.74, 6) is 0. The molecule has 13 heavy (non-hydrogen) atoms. The Labute approximate surface area is 76.9 Å². The molecule has 76 valence electrons. The van der Waals surface area contributed by atoms with Crippen LogP contribution < -0.4 is 0 Å². The van der Waals surface area contributed by atoms with Crippen LogP contribution in [0, 0.1) is 10.1 Å². The fourth-order valence-corrected chi connectivity index (χ4v) is 1.84. The van der Waals surface area contributed by atoms with Gasteiger partial charge in [0.15, 0.2) is 0 Å². The van der Waals surface area contributed by atoms with Gasteiger partial charge in [0.2, 0.25) is 0 Å². The van der Waals surface area contributed by atoms with Crippen molar-refractivity contribution >= 4 is 0 Å². The van der Waals surface area contributed by atoms with Gasteiger partial charge < -0.3 is 5.11 Å². The van der Waals surface area contributed by atoms with Gasteiger partial charge in [0.1, 0.15) is 6.61 Å². The normalized spacial score (nSPS) is 24.5. The third-order valence-corrected chi connectivity index (χ3v) is 2.29. The summed E-state index contributed by atoms with van der Waals surface area (Å²) in [6.45, 7) is 0.909. The number of hydrogen-bond donors (Lipinski definition) is 1. The largest absolute Gasteiger partial charge is 0.389 e. The average Bonchev–Trinajstić information content (AvgIpc) is 2.02. The molecule has 0 aliphatic carbocycles. The first-order chi connectivity index (χ1) is 6.00. The first-order valence-corrected chi connectivity index (χ1v) is 4.12. The van der Waals surface area contributed by atoms with Crippen LogP contribution in [0.2, 0.25) is 0 Å². The minimum atomic E-state index is -1.21. The van der Waals surface area contributed by atoms with Crippen molar-refractivity contribution in [2.75, 3.05) is 40.5 Å². The molecule has 0 unspecified atom stereocenters. The molecule has 0 aromatic heterocycles. The highest BCUT2D eigenvalue weighted by Gasteiger charge is 2.47. The van der Waals surface area contributed by atoms with Crippen LogP contribution in [0.1, 0.15) is 0 Å². The summed E-state index contributed by atoms with van der Waals surface area (Å²) in [5, 5.41) is 19.8. The van der Waals surface area contributed by atoms with Gasteiger partial charge >= 0.3 is 0 Å². The Morgan fingerprint density at radius 1 is 1.46 bits per heavy atom. The Morgan fingerprint density at radius 3 is 2.23 bits per heavy atom. The molecular weight excluding hydrogens is 174 g/mol. The molecule has 1 fully saturated rings. The van der Waals surface area contributed by atoms with Gasteiger partial charge in [-0.1, -0.05) is 0 Å². The van der Waals surface area contributed by atoms with Crippen molar-refractivity contribution in [1.29, 1.82) is 0 Å². The van der Waals surface area contributed by atoms with E-state index >= 15 is 0 Å². The Morgan fingerprint density at radius 2 is 1.92 bits per heavy atom. The van der Waals surface area contributed by atoms with Crippen LogP contribution in [-0.4, -0.2) is 65.8 Å². The van der Waals surface area contributed by atoms with E-state index in [-0.39, 0.29) is 4.92 Å². The van der Waals surface area contributed by atoms with Gasteiger partial charge in [0, 0.05) is 4.92 Å². The van der Waals surface area contributed by atoms with Gasteiger partial charge in [0.25, 0.3) is 5.54 Å². The predicted octanol–water partition coefficient (Wildman–Crippen LogP) is -1.17. The second-order valence-electron chi connectivity index (χ2n) is 3.81. The number of rotatable bonds is 2. The summed E-state index contributed by atoms with van der Waals surface area (Å²) in [4.78, 5) is 14.1. The van der Waals surface area contributed by atoms with Crippen molar-refractivity contribution in [3.63, 3.8) is 0 Å². The van der Waals surface area contributed by atoms with Crippen molar-refractivity contribution < 1.29 is 10.0 Å². The van der Waals surface area contributed by atoms with Gasteiger partial charge in [-0.15, -0.1) is 0 Å². The average molecular weight is 189 g/mol. The standard InChI is InChI=1S/C7H15N3O3/c1-8-3-7(5-11,10(12)13)4-9(2)6-8/h11H,3-6H2,1-2H3. The zero-order chi connectivity index (χ0) is 10.1. The van der Waals surface area contributed by atoms with Crippen LogP contribution in [0.25, 0.3) is 0 Å². The van der Waals surface area contributed by atoms with Crippen molar-refractivity contribution in [2.45, 2.75) is 5.54 Å². The number of hydrogen-bond acceptors (Lipinski definition) is 5. The molecule has 0 amide bonds. The second-order valence-corrected chi connectivity index (χ2v) is 3.81. The molecule has 6 nitrogen and oxygen atoms in total. The van der Waals surface area contributed by atoms with E-state index < -0.39 is 12.1 Å². The molecule has 1 aliphatic heterocycles. The van der Waals surface area contributed by atoms with E-state index in [0.29, 0.717) is 19.8 Å². The van der Waals surface area contributed by atoms with Gasteiger partial charge in [-0.3, -0.25) is 19.9 Å². The van der Waals surface area contributed by atoms with E-state index in [1.807, 2.05) is 23.9 Å². The minimum Gasteiger partial charge on any atom is -0.389 e. The topological polar surface area (TPSA) is 69.8 Å². The lowest BCUT2D eigenvalue weighted by molar-refractivity contribution is -0.578. The molecule has 0 bridgehead atoms. The lowest BCUT2D eigenvalue weighted by Gasteiger charge is -2.38. The van der Waals surface area contributed by atoms with Crippen LogP contribution in [-0.2, 0) is 0 Å². The fourth-order valence-electron chi connectivity index (χ4n) is 1.84. The SMILES string of the molecule is CN1CN(C)CC(CO)([N+](=O)[O-])C1. The highest BCUT2D eigenvalue weighted by molar-refractivity contribution is 4.88. The summed E-state index contributed by atoms with van der Waals surface area (Å²) < 4.78 is 0. The molecule has 1 rings (SSSR count). The Hall–Kier alpha value is -0.720. The number of nitrogens with zero attached hydrogens (tertiary/aromatic N) is 3. The molecule has 0 radical (unpaired) electrons. The summed E-state index contributed by atoms with van der Waals surface area (Å²) in [6.07, 6.45) is 0. The molecule has 1 aliphatic rings. The Kier molecular flexibility index (Phi) is 2.84. The Balaban J connectivity index is 2.80. The first kappa shape index (κ1) is 10.4. The number of nitro groups is 1. The van der Waals surface area contributed by atoms with Crippen LogP contribution in [0.5, 0.6) is 0 Å². The summed E-state index contributed by atoms with van der Waals surface area (Å²) >= 11 is 0. The molecule has 1 heterocycles. The summed E-state index contributed by atoms with van der Waals surface area (Å²) in [5.41, 5.74) is -1.21. The monoisotopic (exact) mass is 189 g/mol. The van der Waals surface area contributed by atoms with E-state index in [0.717, 1.165) is 0 Å². The van der Waals surface area contributed by atoms with E-state index in [9.17, 15) is 10.1 Å². The van der Waals surface area contributed by atoms with Crippen molar-refractivity contribution in [3.8, 4) is 0 Å². The van der Waals surface area contributed by atoms with Crippen molar-refractivity contribution in [3.05, 3.63) is 10.1 Å². The lowest BCUT2D eigenvalue weighted by atomic mass is 9.99. The molecule has 0 spiro atoms. The first-order valence-electron chi connectivity index (χ1n) is 4.12. The maximum atomic E-state index is 10.8. The van der Waals surface area contributed by atoms with Crippen LogP contribution >= 0.6 is 0 Å². The third kappa shape index (κ3) is 1.96. The molecule has 0 saturated carbocycles. The molecule has 0 aromatic carbocycles. The molecule has 0 aromatic rings. The van der Waals surface area contributed by atoms with Crippen molar-refractivity contribution in [1.82, 2.24) is 9.80 Å². The summed E-state index contributed by atoms with van der Waals surface area (Å²) in [7, 11) is 3.62. The Bertz CT molecular complexity index is 199. The maximum absolute atomic E-state index is 10.8. The summed E-state index contributed by atoms with van der Waals surface area (Å²) in [6, 6.07) is 0. The highest BCUT2D eigenvalue weighted by atomic mass is 16.6. The van der Waals surface area contributed by atoms with Crippen LogP contribution in [0.4, 0.5) is 0 Å². The fraction of sp³-hybridized carbons (Fsp3) is 1.00.